The minimum Gasteiger partial charge on any atom is -0.489 e. The van der Waals surface area contributed by atoms with Gasteiger partial charge in [-0.3, -0.25) is 4.79 Å². The van der Waals surface area contributed by atoms with Gasteiger partial charge in [0.25, 0.3) is 5.91 Å². The third-order valence-corrected chi connectivity index (χ3v) is 4.26. The molecule has 2 aromatic rings. The van der Waals surface area contributed by atoms with Crippen LogP contribution in [0.3, 0.4) is 0 Å². The molecule has 1 amide bonds. The van der Waals surface area contributed by atoms with Gasteiger partial charge in [-0.05, 0) is 42.7 Å². The minimum absolute atomic E-state index is 0.0773. The first-order chi connectivity index (χ1) is 11.3. The number of carbonyl (C=O) groups excluding carboxylic acids is 1. The van der Waals surface area contributed by atoms with E-state index >= 15 is 0 Å². The van der Waals surface area contributed by atoms with E-state index in [2.05, 4.69) is 0 Å². The molecule has 1 fully saturated rings. The lowest BCUT2D eigenvalue weighted by atomic mass is 10.1. The van der Waals surface area contributed by atoms with E-state index in [9.17, 15) is 4.79 Å². The summed E-state index contributed by atoms with van der Waals surface area (Å²) in [7, 11) is 0. The van der Waals surface area contributed by atoms with Crippen LogP contribution in [0.4, 0.5) is 0 Å². The van der Waals surface area contributed by atoms with Gasteiger partial charge >= 0.3 is 0 Å². The van der Waals surface area contributed by atoms with Crippen molar-refractivity contribution in [1.29, 1.82) is 0 Å². The number of para-hydroxylation sites is 1. The Bertz CT molecular complexity index is 640. The predicted molar refractivity (Wildman–Crippen MR) is 90.3 cm³/mol. The van der Waals surface area contributed by atoms with Crippen LogP contribution in [-0.4, -0.2) is 29.9 Å². The van der Waals surface area contributed by atoms with E-state index in [-0.39, 0.29) is 11.9 Å². The van der Waals surface area contributed by atoms with Gasteiger partial charge in [-0.15, -0.1) is 0 Å². The fourth-order valence-corrected chi connectivity index (χ4v) is 2.94. The number of rotatable bonds is 5. The summed E-state index contributed by atoms with van der Waals surface area (Å²) < 4.78 is 5.71. The van der Waals surface area contributed by atoms with Crippen molar-refractivity contribution in [1.82, 2.24) is 4.90 Å². The zero-order chi connectivity index (χ0) is 16.1. The summed E-state index contributed by atoms with van der Waals surface area (Å²) in [5.74, 6) is 0.920. The smallest absolute Gasteiger partial charge is 0.254 e. The number of amides is 1. The van der Waals surface area contributed by atoms with Gasteiger partial charge in [-0.1, -0.05) is 30.3 Å². The summed E-state index contributed by atoms with van der Waals surface area (Å²) in [6.07, 6.45) is 2.04. The maximum atomic E-state index is 12.5. The molecule has 2 aromatic carbocycles. The van der Waals surface area contributed by atoms with Crippen molar-refractivity contribution >= 4 is 5.91 Å². The Morgan fingerprint density at radius 1 is 1.13 bits per heavy atom. The predicted octanol–water partition coefficient (Wildman–Crippen LogP) is 2.83. The molecule has 4 nitrogen and oxygen atoms in total. The molecule has 1 heterocycles. The Hall–Kier alpha value is -2.33. The molecule has 0 aliphatic carbocycles. The molecule has 0 radical (unpaired) electrons. The lowest BCUT2D eigenvalue weighted by molar-refractivity contribution is 0.0741. The molecule has 0 spiro atoms. The van der Waals surface area contributed by atoms with Crippen molar-refractivity contribution in [3.05, 3.63) is 65.7 Å². The zero-order valence-corrected chi connectivity index (χ0v) is 13.2. The summed E-state index contributed by atoms with van der Waals surface area (Å²) in [6.45, 7) is 1.84. The second-order valence-corrected chi connectivity index (χ2v) is 5.83. The average Bonchev–Trinajstić information content (AvgIpc) is 3.09. The average molecular weight is 310 g/mol. The molecule has 23 heavy (non-hydrogen) atoms. The molecule has 1 unspecified atom stereocenters. The number of benzene rings is 2. The standard InChI is InChI=1S/C19H22N2O2/c20-13-17-5-4-12-21(17)19(22)16-10-8-15(9-11-16)14-23-18-6-2-1-3-7-18/h1-3,6-11,17H,4-5,12-14,20H2. The van der Waals surface area contributed by atoms with Crippen molar-refractivity contribution in [2.75, 3.05) is 13.1 Å². The van der Waals surface area contributed by atoms with Crippen LogP contribution in [0.25, 0.3) is 0 Å². The van der Waals surface area contributed by atoms with Crippen molar-refractivity contribution in [3.8, 4) is 5.75 Å². The van der Waals surface area contributed by atoms with Gasteiger partial charge in [0.2, 0.25) is 0 Å². The second-order valence-electron chi connectivity index (χ2n) is 5.83. The van der Waals surface area contributed by atoms with Crippen LogP contribution >= 0.6 is 0 Å². The van der Waals surface area contributed by atoms with Crippen molar-refractivity contribution < 1.29 is 9.53 Å². The Morgan fingerprint density at radius 2 is 1.87 bits per heavy atom. The number of nitrogens with two attached hydrogens (primary N) is 1. The summed E-state index contributed by atoms with van der Waals surface area (Å²) in [6, 6.07) is 17.5. The fourth-order valence-electron chi connectivity index (χ4n) is 2.94. The van der Waals surface area contributed by atoms with E-state index in [1.165, 1.54) is 0 Å². The molecule has 120 valence electrons. The number of hydrogen-bond donors (Lipinski definition) is 1. The second kappa shape index (κ2) is 7.29. The van der Waals surface area contributed by atoms with E-state index in [1.54, 1.807) is 0 Å². The minimum atomic E-state index is 0.0773. The number of carbonyl (C=O) groups is 1. The molecular weight excluding hydrogens is 288 g/mol. The molecular formula is C19H22N2O2. The molecule has 0 bridgehead atoms. The van der Waals surface area contributed by atoms with Gasteiger partial charge < -0.3 is 15.4 Å². The van der Waals surface area contributed by atoms with Crippen molar-refractivity contribution in [2.24, 2.45) is 5.73 Å². The Kier molecular flexibility index (Phi) is 4.93. The highest BCUT2D eigenvalue weighted by Crippen LogP contribution is 2.20. The van der Waals surface area contributed by atoms with Gasteiger partial charge in [-0.25, -0.2) is 0 Å². The van der Waals surface area contributed by atoms with Gasteiger partial charge in [0, 0.05) is 24.7 Å². The Balaban J connectivity index is 1.61. The van der Waals surface area contributed by atoms with Crippen LogP contribution in [-0.2, 0) is 6.61 Å². The van der Waals surface area contributed by atoms with Crippen LogP contribution in [0.2, 0.25) is 0 Å². The highest BCUT2D eigenvalue weighted by atomic mass is 16.5. The summed E-state index contributed by atoms with van der Waals surface area (Å²) in [5, 5.41) is 0. The summed E-state index contributed by atoms with van der Waals surface area (Å²) >= 11 is 0. The largest absolute Gasteiger partial charge is 0.489 e. The van der Waals surface area contributed by atoms with Crippen molar-refractivity contribution in [2.45, 2.75) is 25.5 Å². The zero-order valence-electron chi connectivity index (χ0n) is 13.2. The number of ether oxygens (including phenoxy) is 1. The summed E-state index contributed by atoms with van der Waals surface area (Å²) in [5.41, 5.74) is 7.51. The first-order valence-corrected chi connectivity index (χ1v) is 8.06. The van der Waals surface area contributed by atoms with Crippen LogP contribution in [0.5, 0.6) is 5.75 Å². The SMILES string of the molecule is NCC1CCCN1C(=O)c1ccc(COc2ccccc2)cc1. The monoisotopic (exact) mass is 310 g/mol. The number of hydrogen-bond acceptors (Lipinski definition) is 3. The van der Waals surface area contributed by atoms with E-state index in [0.29, 0.717) is 18.7 Å². The van der Waals surface area contributed by atoms with Crippen molar-refractivity contribution in [3.63, 3.8) is 0 Å². The van der Waals surface area contributed by atoms with Crippen LogP contribution in [0.1, 0.15) is 28.8 Å². The maximum absolute atomic E-state index is 12.5. The molecule has 0 aromatic heterocycles. The van der Waals surface area contributed by atoms with Gasteiger partial charge in [-0.2, -0.15) is 0 Å². The maximum Gasteiger partial charge on any atom is 0.254 e. The van der Waals surface area contributed by atoms with Crippen LogP contribution in [0.15, 0.2) is 54.6 Å². The van der Waals surface area contributed by atoms with E-state index < -0.39 is 0 Å². The Labute approximate surface area is 136 Å². The molecule has 1 aliphatic heterocycles. The van der Waals surface area contributed by atoms with Gasteiger partial charge in [0.1, 0.15) is 12.4 Å². The van der Waals surface area contributed by atoms with E-state index in [1.807, 2.05) is 59.5 Å². The van der Waals surface area contributed by atoms with Crippen LogP contribution in [0, 0.1) is 0 Å². The normalized spacial score (nSPS) is 17.3. The highest BCUT2D eigenvalue weighted by molar-refractivity contribution is 5.94. The first kappa shape index (κ1) is 15.6. The first-order valence-electron chi connectivity index (χ1n) is 8.06. The molecule has 2 N–H and O–H groups in total. The Morgan fingerprint density at radius 3 is 2.57 bits per heavy atom. The summed E-state index contributed by atoms with van der Waals surface area (Å²) in [4.78, 5) is 14.4. The third-order valence-electron chi connectivity index (χ3n) is 4.26. The lowest BCUT2D eigenvalue weighted by Crippen LogP contribution is -2.39. The molecule has 3 rings (SSSR count). The molecule has 1 atom stereocenters. The third kappa shape index (κ3) is 3.71. The molecule has 1 aliphatic rings. The topological polar surface area (TPSA) is 55.6 Å². The number of likely N-dealkylation sites (tertiary alicyclic amines) is 1. The van der Waals surface area contributed by atoms with Crippen LogP contribution < -0.4 is 10.5 Å². The lowest BCUT2D eigenvalue weighted by Gasteiger charge is -2.23. The van der Waals surface area contributed by atoms with E-state index in [0.717, 1.165) is 30.7 Å². The highest BCUT2D eigenvalue weighted by Gasteiger charge is 2.28. The fraction of sp³-hybridized carbons (Fsp3) is 0.316. The van der Waals surface area contributed by atoms with E-state index in [4.69, 9.17) is 10.5 Å². The van der Waals surface area contributed by atoms with Gasteiger partial charge in [0.15, 0.2) is 0 Å². The van der Waals surface area contributed by atoms with Gasteiger partial charge in [0.05, 0.1) is 0 Å². The quantitative estimate of drug-likeness (QED) is 0.924. The number of nitrogens with zero attached hydrogens (tertiary/aromatic N) is 1. The molecule has 4 heteroatoms. The molecule has 0 saturated carbocycles. The molecule has 1 saturated heterocycles.